The number of amides is 1. The van der Waals surface area contributed by atoms with Crippen molar-refractivity contribution >= 4 is 23.5 Å². The second-order valence-electron chi connectivity index (χ2n) is 4.42. The second-order valence-corrected chi connectivity index (χ2v) is 4.86. The van der Waals surface area contributed by atoms with Gasteiger partial charge in [0.25, 0.3) is 5.91 Å². The first-order valence-corrected chi connectivity index (χ1v) is 5.66. The molecule has 1 saturated carbocycles. The van der Waals surface area contributed by atoms with E-state index in [1.165, 1.54) is 0 Å². The topological polar surface area (TPSA) is 71.3 Å². The molecule has 0 bridgehead atoms. The summed E-state index contributed by atoms with van der Waals surface area (Å²) in [6, 6.07) is 1.55. The van der Waals surface area contributed by atoms with Gasteiger partial charge in [-0.2, -0.15) is 0 Å². The van der Waals surface area contributed by atoms with E-state index in [-0.39, 0.29) is 12.5 Å². The minimum atomic E-state index is -0.845. The minimum Gasteiger partial charge on any atom is -0.481 e. The molecule has 1 heterocycles. The van der Waals surface area contributed by atoms with Crippen molar-refractivity contribution in [1.29, 1.82) is 0 Å². The lowest BCUT2D eigenvalue weighted by Gasteiger charge is -2.11. The maximum absolute atomic E-state index is 11.8. The van der Waals surface area contributed by atoms with Gasteiger partial charge in [-0.15, -0.1) is 0 Å². The van der Waals surface area contributed by atoms with Crippen LogP contribution in [0.25, 0.3) is 0 Å². The quantitative estimate of drug-likeness (QED) is 0.852. The highest BCUT2D eigenvalue weighted by atomic mass is 35.5. The zero-order valence-corrected chi connectivity index (χ0v) is 10.1. The molecule has 1 fully saturated rings. The van der Waals surface area contributed by atoms with E-state index in [1.54, 1.807) is 23.9 Å². The van der Waals surface area contributed by atoms with E-state index in [0.29, 0.717) is 23.6 Å². The molecule has 0 spiro atoms. The lowest BCUT2D eigenvalue weighted by Crippen LogP contribution is -2.34. The molecule has 0 aromatic carbocycles. The first-order chi connectivity index (χ1) is 7.94. The normalized spacial score (nSPS) is 16.6. The molecular weight excluding hydrogens is 244 g/mol. The van der Waals surface area contributed by atoms with Crippen LogP contribution in [0.4, 0.5) is 0 Å². The number of carboxylic acid groups (broad SMARTS) is 1. The number of nitrogens with zero attached hydrogens (tertiary/aromatic N) is 1. The van der Waals surface area contributed by atoms with Crippen LogP contribution in [-0.4, -0.2) is 28.1 Å². The molecule has 0 radical (unpaired) electrons. The van der Waals surface area contributed by atoms with E-state index < -0.39 is 11.4 Å². The molecule has 5 nitrogen and oxygen atoms in total. The van der Waals surface area contributed by atoms with Crippen LogP contribution >= 0.6 is 11.6 Å². The highest BCUT2D eigenvalue weighted by Gasteiger charge is 2.50. The molecule has 1 aliphatic rings. The molecule has 6 heteroatoms. The number of aromatic nitrogens is 1. The van der Waals surface area contributed by atoms with Crippen LogP contribution in [0.3, 0.4) is 0 Å². The van der Waals surface area contributed by atoms with Crippen molar-refractivity contribution in [2.75, 3.05) is 6.54 Å². The number of aliphatic carboxylic acids is 1. The summed E-state index contributed by atoms with van der Waals surface area (Å²) in [5.41, 5.74) is -0.318. The van der Waals surface area contributed by atoms with Crippen molar-refractivity contribution in [3.8, 4) is 0 Å². The molecule has 1 aliphatic carbocycles. The number of hydrogen-bond acceptors (Lipinski definition) is 2. The molecule has 1 aromatic heterocycles. The predicted molar refractivity (Wildman–Crippen MR) is 62.1 cm³/mol. The highest BCUT2D eigenvalue weighted by molar-refractivity contribution is 6.31. The van der Waals surface area contributed by atoms with E-state index in [0.717, 1.165) is 0 Å². The summed E-state index contributed by atoms with van der Waals surface area (Å²) in [5.74, 6) is -1.14. The van der Waals surface area contributed by atoms with Gasteiger partial charge in [-0.25, -0.2) is 0 Å². The summed E-state index contributed by atoms with van der Waals surface area (Å²) >= 11 is 5.77. The standard InChI is InChI=1S/C11H13ClN2O3/c1-14-5-7(12)4-8(14)9(15)13-6-11(2-3-11)10(16)17/h4-5H,2-3,6H2,1H3,(H,13,15)(H,16,17). The molecule has 92 valence electrons. The zero-order chi connectivity index (χ0) is 12.6. The first kappa shape index (κ1) is 12.0. The second kappa shape index (κ2) is 4.07. The van der Waals surface area contributed by atoms with Gasteiger partial charge in [-0.3, -0.25) is 9.59 Å². The van der Waals surface area contributed by atoms with Gasteiger partial charge in [0.2, 0.25) is 0 Å². The van der Waals surface area contributed by atoms with Gasteiger partial charge in [0.1, 0.15) is 5.69 Å². The van der Waals surface area contributed by atoms with Crippen molar-refractivity contribution in [2.45, 2.75) is 12.8 Å². The van der Waals surface area contributed by atoms with Gasteiger partial charge in [0.15, 0.2) is 0 Å². The van der Waals surface area contributed by atoms with Gasteiger partial charge >= 0.3 is 5.97 Å². The number of carboxylic acids is 1. The summed E-state index contributed by atoms with van der Waals surface area (Å²) in [7, 11) is 1.71. The van der Waals surface area contributed by atoms with Gasteiger partial charge < -0.3 is 15.0 Å². The number of nitrogens with one attached hydrogen (secondary N) is 1. The van der Waals surface area contributed by atoms with Gasteiger partial charge in [-0.1, -0.05) is 11.6 Å². The Hall–Kier alpha value is -1.49. The fourth-order valence-corrected chi connectivity index (χ4v) is 1.96. The van der Waals surface area contributed by atoms with E-state index in [9.17, 15) is 9.59 Å². The van der Waals surface area contributed by atoms with E-state index in [2.05, 4.69) is 5.32 Å². The average molecular weight is 257 g/mol. The van der Waals surface area contributed by atoms with Crippen molar-refractivity contribution < 1.29 is 14.7 Å². The van der Waals surface area contributed by atoms with Crippen LogP contribution in [0.2, 0.25) is 5.02 Å². The number of aryl methyl sites for hydroxylation is 1. The molecule has 2 N–H and O–H groups in total. The molecule has 0 saturated heterocycles. The smallest absolute Gasteiger partial charge is 0.311 e. The molecule has 1 amide bonds. The van der Waals surface area contributed by atoms with Gasteiger partial charge in [0.05, 0.1) is 10.4 Å². The van der Waals surface area contributed by atoms with Crippen molar-refractivity contribution in [1.82, 2.24) is 9.88 Å². The number of halogens is 1. The number of hydrogen-bond donors (Lipinski definition) is 2. The Bertz CT molecular complexity index is 477. The Morgan fingerprint density at radius 3 is 2.65 bits per heavy atom. The lowest BCUT2D eigenvalue weighted by molar-refractivity contribution is -0.143. The van der Waals surface area contributed by atoms with Crippen molar-refractivity contribution in [3.63, 3.8) is 0 Å². The molecule has 2 rings (SSSR count). The largest absolute Gasteiger partial charge is 0.481 e. The monoisotopic (exact) mass is 256 g/mol. The van der Waals surface area contributed by atoms with Crippen molar-refractivity contribution in [2.24, 2.45) is 12.5 Å². The number of carbonyl (C=O) groups excluding carboxylic acids is 1. The fraction of sp³-hybridized carbons (Fsp3) is 0.455. The SMILES string of the molecule is Cn1cc(Cl)cc1C(=O)NCC1(C(=O)O)CC1. The van der Waals surface area contributed by atoms with Crippen molar-refractivity contribution in [3.05, 3.63) is 23.0 Å². The van der Waals surface area contributed by atoms with Gasteiger partial charge in [-0.05, 0) is 18.9 Å². The summed E-state index contributed by atoms with van der Waals surface area (Å²) in [5, 5.41) is 12.1. The van der Waals surface area contributed by atoms with Crippen LogP contribution in [0.1, 0.15) is 23.3 Å². The van der Waals surface area contributed by atoms with Crippen LogP contribution in [0.5, 0.6) is 0 Å². The molecular formula is C11H13ClN2O3. The maximum Gasteiger partial charge on any atom is 0.311 e. The zero-order valence-electron chi connectivity index (χ0n) is 9.36. The highest BCUT2D eigenvalue weighted by Crippen LogP contribution is 2.45. The Morgan fingerprint density at radius 2 is 2.24 bits per heavy atom. The van der Waals surface area contributed by atoms with Crippen LogP contribution in [0.15, 0.2) is 12.3 Å². The third kappa shape index (κ3) is 2.29. The summed E-state index contributed by atoms with van der Waals surface area (Å²) < 4.78 is 1.61. The Morgan fingerprint density at radius 1 is 1.59 bits per heavy atom. The summed E-state index contributed by atoms with van der Waals surface area (Å²) in [6.07, 6.45) is 2.87. The van der Waals surface area contributed by atoms with Gasteiger partial charge in [0, 0.05) is 19.8 Å². The van der Waals surface area contributed by atoms with E-state index in [4.69, 9.17) is 16.7 Å². The number of rotatable bonds is 4. The molecule has 17 heavy (non-hydrogen) atoms. The first-order valence-electron chi connectivity index (χ1n) is 5.28. The van der Waals surface area contributed by atoms with E-state index in [1.807, 2.05) is 0 Å². The Kier molecular flexibility index (Phi) is 2.87. The fourth-order valence-electron chi connectivity index (χ4n) is 1.71. The Labute approximate surface area is 103 Å². The van der Waals surface area contributed by atoms with Crippen LogP contribution in [0, 0.1) is 5.41 Å². The van der Waals surface area contributed by atoms with E-state index >= 15 is 0 Å². The lowest BCUT2D eigenvalue weighted by atomic mass is 10.1. The van der Waals surface area contributed by atoms with Crippen LogP contribution in [-0.2, 0) is 11.8 Å². The number of carbonyl (C=O) groups is 2. The molecule has 0 unspecified atom stereocenters. The van der Waals surface area contributed by atoms with Crippen LogP contribution < -0.4 is 5.32 Å². The summed E-state index contributed by atoms with van der Waals surface area (Å²) in [4.78, 5) is 22.7. The minimum absolute atomic E-state index is 0.171. The molecule has 0 aliphatic heterocycles. The predicted octanol–water partition coefficient (Wildman–Crippen LogP) is 1.27. The average Bonchev–Trinajstić information content (AvgIpc) is 2.97. The Balaban J connectivity index is 1.99. The third-order valence-electron chi connectivity index (χ3n) is 3.10. The molecule has 0 atom stereocenters. The molecule has 1 aromatic rings. The summed E-state index contributed by atoms with van der Waals surface area (Å²) in [6.45, 7) is 0.171. The third-order valence-corrected chi connectivity index (χ3v) is 3.31. The maximum atomic E-state index is 11.8.